The number of rotatable bonds is 8. The molecule has 0 radical (unpaired) electrons. The van der Waals surface area contributed by atoms with Crippen LogP contribution in [0.2, 0.25) is 0 Å². The molecule has 1 aliphatic carbocycles. The Morgan fingerprint density at radius 2 is 1.83 bits per heavy atom. The highest BCUT2D eigenvalue weighted by molar-refractivity contribution is 6.03. The first kappa shape index (κ1) is 30.0. The van der Waals surface area contributed by atoms with Crippen molar-refractivity contribution in [2.75, 3.05) is 4.90 Å². The number of aromatic nitrogens is 3. The Morgan fingerprint density at radius 1 is 1.15 bits per heavy atom. The lowest BCUT2D eigenvalue weighted by molar-refractivity contribution is -0.139. The van der Waals surface area contributed by atoms with Crippen molar-refractivity contribution < 1.29 is 37.0 Å². The number of hydrogen-bond acceptors (Lipinski definition) is 5. The fourth-order valence-corrected chi connectivity index (χ4v) is 5.06. The van der Waals surface area contributed by atoms with Gasteiger partial charge in [0.25, 0.3) is 0 Å². The largest absolute Gasteiger partial charge is 0.478 e. The lowest BCUT2D eigenvalue weighted by Crippen LogP contribution is -2.43. The van der Waals surface area contributed by atoms with Gasteiger partial charge in [0.15, 0.2) is 11.6 Å². The molecule has 1 aromatic carbocycles. The molecule has 1 N–H and O–H groups in total. The summed E-state index contributed by atoms with van der Waals surface area (Å²) in [5.41, 5.74) is -0.919. The average Bonchev–Trinajstić information content (AvgIpc) is 3.30. The number of anilines is 1. The van der Waals surface area contributed by atoms with Crippen LogP contribution in [0.5, 0.6) is 11.6 Å². The van der Waals surface area contributed by atoms with Crippen LogP contribution in [-0.4, -0.2) is 37.8 Å². The molecular formula is C29H32F4N4O4. The first-order valence-corrected chi connectivity index (χ1v) is 13.4. The Labute approximate surface area is 234 Å². The number of aryl methyl sites for hydroxylation is 1. The molecule has 1 aliphatic rings. The van der Waals surface area contributed by atoms with Gasteiger partial charge in [0.1, 0.15) is 5.56 Å². The smallest absolute Gasteiger partial charge is 0.421 e. The minimum absolute atomic E-state index is 0.00932. The molecule has 0 aliphatic heterocycles. The van der Waals surface area contributed by atoms with Gasteiger partial charge in [-0.3, -0.25) is 9.48 Å². The lowest BCUT2D eigenvalue weighted by atomic mass is 9.82. The van der Waals surface area contributed by atoms with E-state index in [1.807, 2.05) is 0 Å². The summed E-state index contributed by atoms with van der Waals surface area (Å²) in [6.07, 6.45) is 2.44. The van der Waals surface area contributed by atoms with Crippen LogP contribution in [0.1, 0.15) is 73.5 Å². The van der Waals surface area contributed by atoms with Crippen LogP contribution < -0.4 is 9.64 Å². The van der Waals surface area contributed by atoms with Crippen molar-refractivity contribution in [2.24, 2.45) is 11.8 Å². The zero-order valence-corrected chi connectivity index (χ0v) is 23.2. The first-order valence-electron chi connectivity index (χ1n) is 13.4. The van der Waals surface area contributed by atoms with Gasteiger partial charge in [-0.25, -0.2) is 14.2 Å². The normalized spacial score (nSPS) is 17.5. The molecule has 0 unspecified atom stereocenters. The number of aromatic carboxylic acids is 1. The molecular weight excluding hydrogens is 544 g/mol. The fraction of sp³-hybridized carbons (Fsp3) is 0.448. The number of pyridine rings is 1. The van der Waals surface area contributed by atoms with Crippen molar-refractivity contribution in [3.63, 3.8) is 0 Å². The molecule has 1 fully saturated rings. The molecule has 4 rings (SSSR count). The SMILES string of the molecule is Cc1cnn(Cc2cnc(Oc3cc(C(=O)O)c(N(C(=O)C4CCC(C)CC4)C(C)C)cc3F)c(C(F)(F)F)c2)c1. The van der Waals surface area contributed by atoms with Crippen LogP contribution in [0.3, 0.4) is 0 Å². The molecule has 2 aromatic heterocycles. The molecule has 0 atom stereocenters. The topological polar surface area (TPSA) is 97.5 Å². The van der Waals surface area contributed by atoms with Crippen molar-refractivity contribution in [3.05, 3.63) is 64.9 Å². The van der Waals surface area contributed by atoms with Crippen LogP contribution >= 0.6 is 0 Å². The highest BCUT2D eigenvalue weighted by atomic mass is 19.4. The molecule has 3 aromatic rings. The lowest BCUT2D eigenvalue weighted by Gasteiger charge is -2.34. The summed E-state index contributed by atoms with van der Waals surface area (Å²) in [5, 5.41) is 14.0. The number of halogens is 4. The Balaban J connectivity index is 1.69. The second-order valence-electron chi connectivity index (χ2n) is 10.9. The Hall–Kier alpha value is -3.96. The van der Waals surface area contributed by atoms with E-state index in [9.17, 15) is 27.9 Å². The number of hydrogen-bond donors (Lipinski definition) is 1. The number of amides is 1. The van der Waals surface area contributed by atoms with Crippen LogP contribution in [0.15, 0.2) is 36.8 Å². The quantitative estimate of drug-likeness (QED) is 0.295. The number of nitrogens with zero attached hydrogens (tertiary/aromatic N) is 4. The molecule has 8 nitrogen and oxygen atoms in total. The maximum atomic E-state index is 15.4. The molecule has 2 heterocycles. The van der Waals surface area contributed by atoms with Gasteiger partial charge in [-0.05, 0) is 69.6 Å². The molecule has 0 spiro atoms. The zero-order chi connectivity index (χ0) is 30.1. The summed E-state index contributed by atoms with van der Waals surface area (Å²) in [5.74, 6) is -4.49. The fourth-order valence-electron chi connectivity index (χ4n) is 5.06. The van der Waals surface area contributed by atoms with E-state index in [1.165, 1.54) is 9.58 Å². The van der Waals surface area contributed by atoms with Crippen LogP contribution in [0, 0.1) is 24.6 Å². The van der Waals surface area contributed by atoms with Gasteiger partial charge >= 0.3 is 12.1 Å². The molecule has 220 valence electrons. The van der Waals surface area contributed by atoms with Crippen molar-refractivity contribution in [1.82, 2.24) is 14.8 Å². The number of carboxylic acids is 1. The number of carbonyl (C=O) groups is 2. The van der Waals surface area contributed by atoms with Crippen molar-refractivity contribution in [2.45, 2.75) is 72.1 Å². The molecule has 0 saturated heterocycles. The van der Waals surface area contributed by atoms with E-state index < -0.39 is 46.8 Å². The average molecular weight is 577 g/mol. The number of ether oxygens (including phenoxy) is 1. The van der Waals surface area contributed by atoms with E-state index >= 15 is 4.39 Å². The second kappa shape index (κ2) is 11.9. The third-order valence-electron chi connectivity index (χ3n) is 7.19. The molecule has 1 saturated carbocycles. The molecule has 0 bridgehead atoms. The number of carbonyl (C=O) groups excluding carboxylic acids is 1. The van der Waals surface area contributed by atoms with Gasteiger partial charge in [-0.2, -0.15) is 18.3 Å². The van der Waals surface area contributed by atoms with Gasteiger partial charge in [0.05, 0.1) is 24.0 Å². The van der Waals surface area contributed by atoms with Gasteiger partial charge in [0, 0.05) is 36.5 Å². The standard InChI is InChI=1S/C29H32F4N4O4/c1-16(2)37(27(38)20-7-5-17(3)6-8-20)24-11-23(30)25(10-21(24)28(39)40)41-26-22(29(31,32)33)9-19(13-34-26)15-36-14-18(4)12-35-36/h9-14,16-17,20H,5-8,15H2,1-4H3,(H,39,40). The third-order valence-corrected chi connectivity index (χ3v) is 7.19. The van der Waals surface area contributed by atoms with Crippen molar-refractivity contribution in [1.29, 1.82) is 0 Å². The third kappa shape index (κ3) is 6.86. The van der Waals surface area contributed by atoms with Gasteiger partial charge in [0.2, 0.25) is 11.8 Å². The number of alkyl halides is 3. The summed E-state index contributed by atoms with van der Waals surface area (Å²) in [7, 11) is 0. The monoisotopic (exact) mass is 576 g/mol. The van der Waals surface area contributed by atoms with Crippen LogP contribution in [-0.2, 0) is 17.5 Å². The summed E-state index contributed by atoms with van der Waals surface area (Å²) in [4.78, 5) is 30.7. The van der Waals surface area contributed by atoms with Gasteiger partial charge < -0.3 is 14.7 Å². The number of benzene rings is 1. The summed E-state index contributed by atoms with van der Waals surface area (Å²) < 4.78 is 63.9. The van der Waals surface area contributed by atoms with E-state index in [2.05, 4.69) is 17.0 Å². The van der Waals surface area contributed by atoms with E-state index in [-0.39, 0.29) is 29.6 Å². The molecule has 41 heavy (non-hydrogen) atoms. The van der Waals surface area contributed by atoms with Gasteiger partial charge in [-0.1, -0.05) is 6.92 Å². The van der Waals surface area contributed by atoms with Gasteiger partial charge in [-0.15, -0.1) is 0 Å². The Kier molecular flexibility index (Phi) is 8.69. The van der Waals surface area contributed by atoms with E-state index in [0.717, 1.165) is 42.8 Å². The maximum absolute atomic E-state index is 15.4. The van der Waals surface area contributed by atoms with E-state index in [4.69, 9.17) is 4.74 Å². The zero-order valence-electron chi connectivity index (χ0n) is 23.2. The first-order chi connectivity index (χ1) is 19.2. The minimum atomic E-state index is -4.90. The molecule has 1 amide bonds. The second-order valence-corrected chi connectivity index (χ2v) is 10.9. The summed E-state index contributed by atoms with van der Waals surface area (Å²) in [6, 6.07) is 1.94. The Bertz CT molecular complexity index is 1430. The summed E-state index contributed by atoms with van der Waals surface area (Å²) in [6.45, 7) is 7.27. The number of carboxylic acid groups (broad SMARTS) is 1. The molecule has 12 heteroatoms. The minimum Gasteiger partial charge on any atom is -0.478 e. The predicted octanol–water partition coefficient (Wildman–Crippen LogP) is 6.85. The highest BCUT2D eigenvalue weighted by Crippen LogP contribution is 2.40. The van der Waals surface area contributed by atoms with E-state index in [0.29, 0.717) is 18.8 Å². The Morgan fingerprint density at radius 3 is 2.39 bits per heavy atom. The highest BCUT2D eigenvalue weighted by Gasteiger charge is 2.37. The van der Waals surface area contributed by atoms with Crippen molar-refractivity contribution in [3.8, 4) is 11.6 Å². The van der Waals surface area contributed by atoms with Crippen molar-refractivity contribution >= 4 is 17.6 Å². The van der Waals surface area contributed by atoms with Crippen LogP contribution in [0.25, 0.3) is 0 Å². The predicted molar refractivity (Wildman–Crippen MR) is 142 cm³/mol. The van der Waals surface area contributed by atoms with Crippen LogP contribution in [0.4, 0.5) is 23.2 Å². The van der Waals surface area contributed by atoms with E-state index in [1.54, 1.807) is 33.2 Å². The summed E-state index contributed by atoms with van der Waals surface area (Å²) >= 11 is 0. The maximum Gasteiger partial charge on any atom is 0.421 e.